The van der Waals surface area contributed by atoms with Gasteiger partial charge in [-0.15, -0.1) is 0 Å². The Morgan fingerprint density at radius 2 is 1.69 bits per heavy atom. The molecule has 2 rings (SSSR count). The van der Waals surface area contributed by atoms with Crippen molar-refractivity contribution in [3.8, 4) is 17.2 Å². The first-order chi connectivity index (χ1) is 14.1. The van der Waals surface area contributed by atoms with Gasteiger partial charge in [-0.2, -0.15) is 0 Å². The van der Waals surface area contributed by atoms with Crippen molar-refractivity contribution in [3.05, 3.63) is 47.5 Å². The molecule has 1 N–H and O–H groups in total. The van der Waals surface area contributed by atoms with E-state index in [2.05, 4.69) is 17.4 Å². The maximum Gasteiger partial charge on any atom is 0.265 e. The number of hydrogen-bond acceptors (Lipinski definition) is 6. The van der Waals surface area contributed by atoms with Gasteiger partial charge in [-0.1, -0.05) is 30.6 Å². The number of nitrogens with one attached hydrogen (secondary N) is 1. The van der Waals surface area contributed by atoms with Crippen molar-refractivity contribution in [2.75, 3.05) is 33.3 Å². The standard InChI is InChI=1S/C22H28N2O5/c1-5-6-7-16-8-10-18(11-9-16)24-21(25)15-29-23-14-17-12-19(26-2)22(28-4)20(13-17)27-3/h8-14H,5-7,15H2,1-4H3,(H,24,25)/b23-14-. The van der Waals surface area contributed by atoms with Gasteiger partial charge in [0.2, 0.25) is 5.75 Å². The van der Waals surface area contributed by atoms with E-state index in [-0.39, 0.29) is 12.5 Å². The van der Waals surface area contributed by atoms with E-state index >= 15 is 0 Å². The first-order valence-corrected chi connectivity index (χ1v) is 9.45. The fourth-order valence-corrected chi connectivity index (χ4v) is 2.70. The Morgan fingerprint density at radius 3 is 2.24 bits per heavy atom. The summed E-state index contributed by atoms with van der Waals surface area (Å²) in [5.74, 6) is 1.23. The van der Waals surface area contributed by atoms with E-state index in [1.54, 1.807) is 12.1 Å². The third kappa shape index (κ3) is 6.71. The largest absolute Gasteiger partial charge is 0.493 e. The zero-order valence-electron chi connectivity index (χ0n) is 17.4. The van der Waals surface area contributed by atoms with E-state index in [1.165, 1.54) is 33.1 Å². The molecule has 2 aromatic carbocycles. The molecule has 0 saturated heterocycles. The first kappa shape index (κ1) is 22.1. The summed E-state index contributed by atoms with van der Waals surface area (Å²) in [5, 5.41) is 6.62. The number of amides is 1. The van der Waals surface area contributed by atoms with E-state index in [0.717, 1.165) is 24.9 Å². The third-order valence-corrected chi connectivity index (χ3v) is 4.22. The summed E-state index contributed by atoms with van der Waals surface area (Å²) in [6.45, 7) is 1.97. The minimum absolute atomic E-state index is 0.196. The quantitative estimate of drug-likeness (QED) is 0.455. The summed E-state index contributed by atoms with van der Waals surface area (Å²) in [6, 6.07) is 11.3. The van der Waals surface area contributed by atoms with Crippen molar-refractivity contribution in [1.82, 2.24) is 0 Å². The van der Waals surface area contributed by atoms with Crippen LogP contribution in [0.25, 0.3) is 0 Å². The van der Waals surface area contributed by atoms with Gasteiger partial charge in [-0.3, -0.25) is 4.79 Å². The predicted molar refractivity (Wildman–Crippen MR) is 113 cm³/mol. The molecule has 0 aromatic heterocycles. The number of methoxy groups -OCH3 is 3. The molecule has 0 aliphatic heterocycles. The second kappa shape index (κ2) is 11.6. The molecule has 1 amide bonds. The van der Waals surface area contributed by atoms with Crippen LogP contribution in [0.2, 0.25) is 0 Å². The molecule has 7 heteroatoms. The Kier molecular flexibility index (Phi) is 8.82. The Morgan fingerprint density at radius 1 is 1.03 bits per heavy atom. The van der Waals surface area contributed by atoms with Gasteiger partial charge in [0.05, 0.1) is 27.5 Å². The van der Waals surface area contributed by atoms with Crippen LogP contribution in [-0.4, -0.2) is 40.1 Å². The summed E-state index contributed by atoms with van der Waals surface area (Å²) < 4.78 is 15.9. The lowest BCUT2D eigenvalue weighted by atomic mass is 10.1. The Hall–Kier alpha value is -3.22. The molecule has 0 saturated carbocycles. The zero-order chi connectivity index (χ0) is 21.1. The highest BCUT2D eigenvalue weighted by Gasteiger charge is 2.12. The van der Waals surface area contributed by atoms with Crippen LogP contribution in [0, 0.1) is 0 Å². The average molecular weight is 400 g/mol. The molecule has 0 bridgehead atoms. The van der Waals surface area contributed by atoms with Crippen LogP contribution < -0.4 is 19.5 Å². The Bertz CT molecular complexity index is 793. The lowest BCUT2D eigenvalue weighted by molar-refractivity contribution is -0.120. The number of aryl methyl sites for hydroxylation is 1. The van der Waals surface area contributed by atoms with Gasteiger partial charge in [0.15, 0.2) is 18.1 Å². The fourth-order valence-electron chi connectivity index (χ4n) is 2.70. The van der Waals surface area contributed by atoms with Gasteiger partial charge >= 0.3 is 0 Å². The highest BCUT2D eigenvalue weighted by molar-refractivity contribution is 5.91. The van der Waals surface area contributed by atoms with E-state index < -0.39 is 0 Å². The third-order valence-electron chi connectivity index (χ3n) is 4.22. The highest BCUT2D eigenvalue weighted by atomic mass is 16.6. The second-order valence-corrected chi connectivity index (χ2v) is 6.32. The molecule has 29 heavy (non-hydrogen) atoms. The molecule has 2 aromatic rings. The van der Waals surface area contributed by atoms with Crippen LogP contribution in [0.1, 0.15) is 30.9 Å². The summed E-state index contributed by atoms with van der Waals surface area (Å²) in [5.41, 5.74) is 2.67. The minimum Gasteiger partial charge on any atom is -0.493 e. The summed E-state index contributed by atoms with van der Waals surface area (Å²) in [7, 11) is 4.61. The van der Waals surface area contributed by atoms with Crippen LogP contribution in [0.15, 0.2) is 41.6 Å². The van der Waals surface area contributed by atoms with Gasteiger partial charge in [0, 0.05) is 11.3 Å². The maximum atomic E-state index is 12.0. The molecule has 156 valence electrons. The smallest absolute Gasteiger partial charge is 0.265 e. The van der Waals surface area contributed by atoms with Crippen LogP contribution in [0.3, 0.4) is 0 Å². The van der Waals surface area contributed by atoms with Crippen molar-refractivity contribution in [1.29, 1.82) is 0 Å². The van der Waals surface area contributed by atoms with Crippen LogP contribution in [0.5, 0.6) is 17.2 Å². The molecule has 0 unspecified atom stereocenters. The van der Waals surface area contributed by atoms with Gasteiger partial charge in [0.1, 0.15) is 0 Å². The normalized spacial score (nSPS) is 10.6. The molecule has 0 heterocycles. The molecule has 0 radical (unpaired) electrons. The number of nitrogens with zero attached hydrogens (tertiary/aromatic N) is 1. The number of carbonyl (C=O) groups is 1. The average Bonchev–Trinajstić information content (AvgIpc) is 2.75. The van der Waals surface area contributed by atoms with Crippen molar-refractivity contribution < 1.29 is 23.8 Å². The molecular weight excluding hydrogens is 372 g/mol. The van der Waals surface area contributed by atoms with E-state index in [9.17, 15) is 4.79 Å². The van der Waals surface area contributed by atoms with Crippen LogP contribution in [-0.2, 0) is 16.1 Å². The van der Waals surface area contributed by atoms with Crippen molar-refractivity contribution >= 4 is 17.8 Å². The van der Waals surface area contributed by atoms with Crippen LogP contribution >= 0.6 is 0 Å². The number of rotatable bonds is 11. The second-order valence-electron chi connectivity index (χ2n) is 6.32. The van der Waals surface area contributed by atoms with Crippen molar-refractivity contribution in [3.63, 3.8) is 0 Å². The molecule has 0 atom stereocenters. The van der Waals surface area contributed by atoms with E-state index in [0.29, 0.717) is 22.8 Å². The number of hydrogen-bond donors (Lipinski definition) is 1. The number of ether oxygens (including phenoxy) is 3. The van der Waals surface area contributed by atoms with E-state index in [1.807, 2.05) is 24.3 Å². The number of anilines is 1. The predicted octanol–water partition coefficient (Wildman–Crippen LogP) is 4.04. The maximum absolute atomic E-state index is 12.0. The highest BCUT2D eigenvalue weighted by Crippen LogP contribution is 2.37. The van der Waals surface area contributed by atoms with Gasteiger partial charge < -0.3 is 24.4 Å². The molecule has 0 spiro atoms. The summed E-state index contributed by atoms with van der Waals surface area (Å²) in [6.07, 6.45) is 4.83. The van der Waals surface area contributed by atoms with E-state index in [4.69, 9.17) is 19.0 Å². The molecule has 0 fully saturated rings. The number of oxime groups is 1. The monoisotopic (exact) mass is 400 g/mol. The van der Waals surface area contributed by atoms with Gasteiger partial charge in [-0.25, -0.2) is 0 Å². The SMILES string of the molecule is CCCCc1ccc(NC(=O)CO/N=C\c2cc(OC)c(OC)c(OC)c2)cc1. The minimum atomic E-state index is -0.284. The Balaban J connectivity index is 1.87. The molecular formula is C22H28N2O5. The number of unbranched alkanes of at least 4 members (excludes halogenated alkanes) is 1. The molecule has 7 nitrogen and oxygen atoms in total. The summed E-state index contributed by atoms with van der Waals surface area (Å²) in [4.78, 5) is 17.1. The lowest BCUT2D eigenvalue weighted by Crippen LogP contribution is -2.16. The van der Waals surface area contributed by atoms with Gasteiger partial charge in [-0.05, 0) is 42.7 Å². The number of carbonyl (C=O) groups excluding carboxylic acids is 1. The lowest BCUT2D eigenvalue weighted by Gasteiger charge is -2.12. The summed E-state index contributed by atoms with van der Waals surface area (Å²) >= 11 is 0. The number of benzene rings is 2. The fraction of sp³-hybridized carbons (Fsp3) is 0.364. The molecule has 0 aliphatic carbocycles. The van der Waals surface area contributed by atoms with Crippen LogP contribution in [0.4, 0.5) is 5.69 Å². The topological polar surface area (TPSA) is 78.4 Å². The molecule has 0 aliphatic rings. The van der Waals surface area contributed by atoms with Gasteiger partial charge in [0.25, 0.3) is 5.91 Å². The zero-order valence-corrected chi connectivity index (χ0v) is 17.4. The Labute approximate surface area is 171 Å². The van der Waals surface area contributed by atoms with Crippen molar-refractivity contribution in [2.24, 2.45) is 5.16 Å². The first-order valence-electron chi connectivity index (χ1n) is 9.45. The van der Waals surface area contributed by atoms with Crippen molar-refractivity contribution in [2.45, 2.75) is 26.2 Å².